The molecule has 1 amide bonds. The average molecular weight is 481 g/mol. The quantitative estimate of drug-likeness (QED) is 0.411. The standard InChI is InChI=1S/C23H20N4O6S/c1-12(20(28)25-14-4-5-16(32-2)17(10-14)33-3)27-19(13-6-8-24-9-7-13)26-21-18(22(27)29)15(11-34-21)23(30)31/h4-12H,1-3H3,(H,25,28)(H,30,31). The number of carbonyl (C=O) groups excluding carboxylic acids is 1. The van der Waals surface area contributed by atoms with Gasteiger partial charge in [-0.25, -0.2) is 9.78 Å². The lowest BCUT2D eigenvalue weighted by molar-refractivity contribution is -0.118. The Balaban J connectivity index is 1.82. The largest absolute Gasteiger partial charge is 0.493 e. The van der Waals surface area contributed by atoms with Gasteiger partial charge in [-0.15, -0.1) is 11.3 Å². The molecule has 3 heterocycles. The number of carboxylic acids is 1. The zero-order chi connectivity index (χ0) is 24.4. The smallest absolute Gasteiger partial charge is 0.337 e. The first-order valence-corrected chi connectivity index (χ1v) is 10.9. The molecule has 4 aromatic rings. The summed E-state index contributed by atoms with van der Waals surface area (Å²) < 4.78 is 11.7. The fourth-order valence-electron chi connectivity index (χ4n) is 3.50. The second kappa shape index (κ2) is 9.32. The summed E-state index contributed by atoms with van der Waals surface area (Å²) in [6.07, 6.45) is 3.09. The van der Waals surface area contributed by atoms with Gasteiger partial charge >= 0.3 is 5.97 Å². The van der Waals surface area contributed by atoms with Gasteiger partial charge in [-0.2, -0.15) is 0 Å². The number of ether oxygens (including phenoxy) is 2. The van der Waals surface area contributed by atoms with Crippen LogP contribution in [0.5, 0.6) is 11.5 Å². The minimum Gasteiger partial charge on any atom is -0.493 e. The molecule has 4 rings (SSSR count). The van der Waals surface area contributed by atoms with Crippen LogP contribution in [0.4, 0.5) is 5.69 Å². The van der Waals surface area contributed by atoms with Crippen LogP contribution in [0.3, 0.4) is 0 Å². The van der Waals surface area contributed by atoms with Gasteiger partial charge in [0.15, 0.2) is 11.5 Å². The van der Waals surface area contributed by atoms with Crippen molar-refractivity contribution in [3.05, 3.63) is 64.0 Å². The summed E-state index contributed by atoms with van der Waals surface area (Å²) in [6.45, 7) is 1.54. The number of carboxylic acid groups (broad SMARTS) is 1. The maximum Gasteiger partial charge on any atom is 0.337 e. The third-order valence-corrected chi connectivity index (χ3v) is 6.10. The maximum atomic E-state index is 13.5. The van der Waals surface area contributed by atoms with E-state index in [0.717, 1.165) is 11.3 Å². The van der Waals surface area contributed by atoms with E-state index in [1.54, 1.807) is 49.6 Å². The number of methoxy groups -OCH3 is 2. The summed E-state index contributed by atoms with van der Waals surface area (Å²) in [6, 6.07) is 7.18. The normalized spacial score (nSPS) is 11.7. The van der Waals surface area contributed by atoms with Crippen molar-refractivity contribution in [3.8, 4) is 22.9 Å². The maximum absolute atomic E-state index is 13.5. The van der Waals surface area contributed by atoms with E-state index in [4.69, 9.17) is 9.47 Å². The molecule has 10 nitrogen and oxygen atoms in total. The number of pyridine rings is 1. The fraction of sp³-hybridized carbons (Fsp3) is 0.174. The van der Waals surface area contributed by atoms with Gasteiger partial charge in [0.05, 0.1) is 25.2 Å². The van der Waals surface area contributed by atoms with Crippen molar-refractivity contribution in [2.75, 3.05) is 19.5 Å². The number of hydrogen-bond acceptors (Lipinski definition) is 8. The summed E-state index contributed by atoms with van der Waals surface area (Å²) >= 11 is 1.06. The highest BCUT2D eigenvalue weighted by Gasteiger charge is 2.26. The second-order valence-corrected chi connectivity index (χ2v) is 8.07. The lowest BCUT2D eigenvalue weighted by Gasteiger charge is -2.19. The van der Waals surface area contributed by atoms with E-state index in [2.05, 4.69) is 15.3 Å². The Hall–Kier alpha value is -4.25. The summed E-state index contributed by atoms with van der Waals surface area (Å²) in [5, 5.41) is 13.6. The molecule has 0 aliphatic carbocycles. The molecule has 1 atom stereocenters. The van der Waals surface area contributed by atoms with Crippen LogP contribution in [0.2, 0.25) is 0 Å². The van der Waals surface area contributed by atoms with E-state index in [1.807, 2.05) is 0 Å². The van der Waals surface area contributed by atoms with E-state index in [9.17, 15) is 19.5 Å². The van der Waals surface area contributed by atoms with Crippen molar-refractivity contribution in [2.45, 2.75) is 13.0 Å². The van der Waals surface area contributed by atoms with Crippen LogP contribution in [0.25, 0.3) is 21.6 Å². The van der Waals surface area contributed by atoms with Crippen LogP contribution in [0.1, 0.15) is 23.3 Å². The molecule has 1 unspecified atom stereocenters. The van der Waals surface area contributed by atoms with Gasteiger partial charge < -0.3 is 19.9 Å². The lowest BCUT2D eigenvalue weighted by atomic mass is 10.1. The van der Waals surface area contributed by atoms with Crippen molar-refractivity contribution >= 4 is 39.1 Å². The zero-order valence-electron chi connectivity index (χ0n) is 18.4. The molecule has 0 radical (unpaired) electrons. The Labute approximate surface area is 197 Å². The van der Waals surface area contributed by atoms with Gasteiger partial charge in [0.2, 0.25) is 5.91 Å². The van der Waals surface area contributed by atoms with Gasteiger partial charge in [0, 0.05) is 35.1 Å². The summed E-state index contributed by atoms with van der Waals surface area (Å²) in [7, 11) is 2.98. The number of thiophene rings is 1. The Kier molecular flexibility index (Phi) is 6.28. The average Bonchev–Trinajstić information content (AvgIpc) is 3.29. The first-order valence-electron chi connectivity index (χ1n) is 10.1. The van der Waals surface area contributed by atoms with Crippen molar-refractivity contribution in [1.82, 2.24) is 14.5 Å². The highest BCUT2D eigenvalue weighted by Crippen LogP contribution is 2.31. The number of aromatic carboxylic acids is 1. The third-order valence-electron chi connectivity index (χ3n) is 5.23. The molecule has 0 aliphatic heterocycles. The van der Waals surface area contributed by atoms with Gasteiger partial charge in [-0.1, -0.05) is 0 Å². The van der Waals surface area contributed by atoms with Crippen LogP contribution >= 0.6 is 11.3 Å². The number of nitrogens with zero attached hydrogens (tertiary/aromatic N) is 3. The number of benzene rings is 1. The molecular formula is C23H20N4O6S. The van der Waals surface area contributed by atoms with Crippen LogP contribution in [-0.2, 0) is 4.79 Å². The number of amides is 1. The Morgan fingerprint density at radius 3 is 2.47 bits per heavy atom. The number of aromatic nitrogens is 3. The molecule has 3 aromatic heterocycles. The lowest BCUT2D eigenvalue weighted by Crippen LogP contribution is -2.33. The topological polar surface area (TPSA) is 133 Å². The number of rotatable bonds is 7. The minimum atomic E-state index is -1.24. The predicted octanol–water partition coefficient (Wildman–Crippen LogP) is 3.44. The molecule has 11 heteroatoms. The van der Waals surface area contributed by atoms with Gasteiger partial charge in [-0.3, -0.25) is 19.1 Å². The molecule has 0 saturated heterocycles. The van der Waals surface area contributed by atoms with Gasteiger partial charge in [-0.05, 0) is 31.2 Å². The molecule has 0 saturated carbocycles. The molecule has 174 valence electrons. The molecule has 0 spiro atoms. The van der Waals surface area contributed by atoms with E-state index in [-0.39, 0.29) is 21.6 Å². The number of anilines is 1. The third kappa shape index (κ3) is 4.08. The molecule has 0 aliphatic rings. The molecule has 2 N–H and O–H groups in total. The molecule has 1 aromatic carbocycles. The molecule has 34 heavy (non-hydrogen) atoms. The van der Waals surface area contributed by atoms with Crippen LogP contribution < -0.4 is 20.3 Å². The van der Waals surface area contributed by atoms with Crippen LogP contribution in [0.15, 0.2) is 52.9 Å². The Bertz CT molecular complexity index is 1450. The molecular weight excluding hydrogens is 460 g/mol. The van der Waals surface area contributed by atoms with E-state index in [1.165, 1.54) is 24.2 Å². The minimum absolute atomic E-state index is 0.0407. The summed E-state index contributed by atoms with van der Waals surface area (Å²) in [4.78, 5) is 47.2. The predicted molar refractivity (Wildman–Crippen MR) is 127 cm³/mol. The number of fused-ring (bicyclic) bond motifs is 1. The first kappa shape index (κ1) is 22.9. The first-order chi connectivity index (χ1) is 16.3. The highest BCUT2D eigenvalue weighted by molar-refractivity contribution is 7.17. The molecule has 0 fully saturated rings. The summed E-state index contributed by atoms with van der Waals surface area (Å²) in [5.41, 5.74) is 0.222. The van der Waals surface area contributed by atoms with Crippen molar-refractivity contribution in [3.63, 3.8) is 0 Å². The highest BCUT2D eigenvalue weighted by atomic mass is 32.1. The Morgan fingerprint density at radius 1 is 1.12 bits per heavy atom. The second-order valence-electron chi connectivity index (χ2n) is 7.22. The van der Waals surface area contributed by atoms with Crippen LogP contribution in [-0.4, -0.2) is 45.7 Å². The van der Waals surface area contributed by atoms with Gasteiger partial charge in [0.25, 0.3) is 5.56 Å². The fourth-order valence-corrected chi connectivity index (χ4v) is 4.41. The monoisotopic (exact) mass is 480 g/mol. The van der Waals surface area contributed by atoms with Crippen molar-refractivity contribution in [1.29, 1.82) is 0 Å². The Morgan fingerprint density at radius 2 is 1.82 bits per heavy atom. The SMILES string of the molecule is COc1ccc(NC(=O)C(C)n2c(-c3ccncc3)nc3scc(C(=O)O)c3c2=O)cc1OC. The van der Waals surface area contributed by atoms with E-state index < -0.39 is 23.5 Å². The zero-order valence-corrected chi connectivity index (χ0v) is 19.3. The van der Waals surface area contributed by atoms with E-state index >= 15 is 0 Å². The van der Waals surface area contributed by atoms with Crippen LogP contribution in [0, 0.1) is 0 Å². The number of carbonyl (C=O) groups is 2. The number of hydrogen-bond donors (Lipinski definition) is 2. The van der Waals surface area contributed by atoms with Gasteiger partial charge in [0.1, 0.15) is 16.7 Å². The molecule has 0 bridgehead atoms. The van der Waals surface area contributed by atoms with Crippen molar-refractivity contribution in [2.24, 2.45) is 0 Å². The van der Waals surface area contributed by atoms with Crippen molar-refractivity contribution < 1.29 is 24.2 Å². The number of nitrogens with one attached hydrogen (secondary N) is 1. The van der Waals surface area contributed by atoms with E-state index in [0.29, 0.717) is 22.7 Å². The summed E-state index contributed by atoms with van der Waals surface area (Å²) in [5.74, 6) is -0.588.